The van der Waals surface area contributed by atoms with Crippen LogP contribution in [0.1, 0.15) is 44.4 Å². The first-order valence-electron chi connectivity index (χ1n) is 8.09. The number of rotatable bonds is 7. The van der Waals surface area contributed by atoms with E-state index in [-0.39, 0.29) is 0 Å². The summed E-state index contributed by atoms with van der Waals surface area (Å²) in [5.41, 5.74) is 2.52. The molecule has 1 saturated heterocycles. The molecule has 118 valence electrons. The van der Waals surface area contributed by atoms with Crippen molar-refractivity contribution in [3.63, 3.8) is 0 Å². The highest BCUT2D eigenvalue weighted by Crippen LogP contribution is 2.25. The molecule has 1 aliphatic rings. The summed E-state index contributed by atoms with van der Waals surface area (Å²) in [6.45, 7) is 11.5. The summed E-state index contributed by atoms with van der Waals surface area (Å²) < 4.78 is 5.29. The zero-order valence-electron chi connectivity index (χ0n) is 13.9. The Kier molecular flexibility index (Phi) is 6.00. The fraction of sp³-hybridized carbons (Fsp3) is 0.706. The standard InChI is InChI=1S/C17H29N3O/c1-5-18-10-15-8-16(13(2)3)19-17(9-15)20-7-6-14(11-20)12-21-4/h8-9,13-14,18H,5-7,10-12H2,1-4H3. The minimum atomic E-state index is 0.461. The number of aromatic nitrogens is 1. The van der Waals surface area contributed by atoms with Crippen molar-refractivity contribution in [3.05, 3.63) is 23.4 Å². The highest BCUT2D eigenvalue weighted by atomic mass is 16.5. The van der Waals surface area contributed by atoms with Gasteiger partial charge in [0.2, 0.25) is 0 Å². The molecule has 2 rings (SSSR count). The van der Waals surface area contributed by atoms with Gasteiger partial charge in [-0.2, -0.15) is 0 Å². The smallest absolute Gasteiger partial charge is 0.129 e. The van der Waals surface area contributed by atoms with Gasteiger partial charge in [0, 0.05) is 38.4 Å². The lowest BCUT2D eigenvalue weighted by molar-refractivity contribution is 0.161. The lowest BCUT2D eigenvalue weighted by atomic mass is 10.1. The second kappa shape index (κ2) is 7.76. The number of ether oxygens (including phenoxy) is 1. The Morgan fingerprint density at radius 2 is 2.24 bits per heavy atom. The molecule has 4 nitrogen and oxygen atoms in total. The van der Waals surface area contributed by atoms with Gasteiger partial charge in [-0.3, -0.25) is 0 Å². The molecule has 2 heterocycles. The molecule has 0 aromatic carbocycles. The largest absolute Gasteiger partial charge is 0.384 e. The van der Waals surface area contributed by atoms with Crippen LogP contribution in [0.15, 0.2) is 12.1 Å². The van der Waals surface area contributed by atoms with E-state index in [2.05, 4.69) is 43.1 Å². The van der Waals surface area contributed by atoms with Crippen LogP contribution in [0.2, 0.25) is 0 Å². The van der Waals surface area contributed by atoms with Gasteiger partial charge < -0.3 is 15.0 Å². The van der Waals surface area contributed by atoms with E-state index in [0.717, 1.165) is 38.6 Å². The fourth-order valence-electron chi connectivity index (χ4n) is 2.84. The second-order valence-corrected chi connectivity index (χ2v) is 6.25. The van der Waals surface area contributed by atoms with Crippen LogP contribution in [-0.4, -0.2) is 38.3 Å². The van der Waals surface area contributed by atoms with Crippen molar-refractivity contribution in [2.24, 2.45) is 5.92 Å². The monoisotopic (exact) mass is 291 g/mol. The van der Waals surface area contributed by atoms with Crippen LogP contribution in [0.25, 0.3) is 0 Å². The van der Waals surface area contributed by atoms with Crippen molar-refractivity contribution < 1.29 is 4.74 Å². The van der Waals surface area contributed by atoms with Gasteiger partial charge in [0.1, 0.15) is 5.82 Å². The van der Waals surface area contributed by atoms with Gasteiger partial charge in [0.25, 0.3) is 0 Å². The zero-order chi connectivity index (χ0) is 15.2. The maximum absolute atomic E-state index is 5.29. The molecule has 1 atom stereocenters. The van der Waals surface area contributed by atoms with Crippen LogP contribution in [0.4, 0.5) is 5.82 Å². The van der Waals surface area contributed by atoms with Crippen molar-refractivity contribution in [1.29, 1.82) is 0 Å². The highest BCUT2D eigenvalue weighted by Gasteiger charge is 2.24. The average molecular weight is 291 g/mol. The molecular weight excluding hydrogens is 262 g/mol. The van der Waals surface area contributed by atoms with Gasteiger partial charge in [-0.05, 0) is 36.6 Å². The van der Waals surface area contributed by atoms with E-state index in [1.807, 2.05) is 0 Å². The van der Waals surface area contributed by atoms with E-state index in [9.17, 15) is 0 Å². The SMILES string of the molecule is CCNCc1cc(C(C)C)nc(N2CCC(COC)C2)c1. The van der Waals surface area contributed by atoms with Crippen LogP contribution < -0.4 is 10.2 Å². The number of nitrogens with one attached hydrogen (secondary N) is 1. The molecule has 21 heavy (non-hydrogen) atoms. The van der Waals surface area contributed by atoms with Gasteiger partial charge in [0.15, 0.2) is 0 Å². The van der Waals surface area contributed by atoms with E-state index in [1.165, 1.54) is 17.7 Å². The van der Waals surface area contributed by atoms with Crippen LogP contribution in [0.3, 0.4) is 0 Å². The Hall–Kier alpha value is -1.13. The molecule has 0 saturated carbocycles. The molecule has 1 aromatic heterocycles. The number of methoxy groups -OCH3 is 1. The van der Waals surface area contributed by atoms with Crippen LogP contribution in [0.5, 0.6) is 0 Å². The third-order valence-electron chi connectivity index (χ3n) is 4.07. The molecule has 0 radical (unpaired) electrons. The predicted molar refractivity (Wildman–Crippen MR) is 87.9 cm³/mol. The van der Waals surface area contributed by atoms with Gasteiger partial charge in [0.05, 0.1) is 6.61 Å². The topological polar surface area (TPSA) is 37.4 Å². The van der Waals surface area contributed by atoms with Gasteiger partial charge >= 0.3 is 0 Å². The van der Waals surface area contributed by atoms with Crippen molar-refractivity contribution in [3.8, 4) is 0 Å². The first kappa shape index (κ1) is 16.2. The molecule has 0 amide bonds. The van der Waals surface area contributed by atoms with Crippen molar-refractivity contribution in [1.82, 2.24) is 10.3 Å². The summed E-state index contributed by atoms with van der Waals surface area (Å²) in [5, 5.41) is 3.41. The lowest BCUT2D eigenvalue weighted by Crippen LogP contribution is -2.23. The minimum Gasteiger partial charge on any atom is -0.384 e. The zero-order valence-corrected chi connectivity index (χ0v) is 13.9. The van der Waals surface area contributed by atoms with Gasteiger partial charge in [-0.1, -0.05) is 20.8 Å². The van der Waals surface area contributed by atoms with Gasteiger partial charge in [-0.15, -0.1) is 0 Å². The van der Waals surface area contributed by atoms with Crippen LogP contribution >= 0.6 is 0 Å². The Bertz CT molecular complexity index is 448. The number of anilines is 1. The normalized spacial score (nSPS) is 18.7. The summed E-state index contributed by atoms with van der Waals surface area (Å²) >= 11 is 0. The summed E-state index contributed by atoms with van der Waals surface area (Å²) in [7, 11) is 1.79. The Balaban J connectivity index is 2.16. The third-order valence-corrected chi connectivity index (χ3v) is 4.07. The summed E-state index contributed by atoms with van der Waals surface area (Å²) in [4.78, 5) is 7.28. The van der Waals surface area contributed by atoms with E-state index >= 15 is 0 Å². The fourth-order valence-corrected chi connectivity index (χ4v) is 2.84. The first-order valence-corrected chi connectivity index (χ1v) is 8.09. The Morgan fingerprint density at radius 3 is 2.90 bits per heavy atom. The summed E-state index contributed by atoms with van der Waals surface area (Å²) in [5.74, 6) is 2.23. The molecule has 0 aliphatic carbocycles. The molecule has 1 N–H and O–H groups in total. The second-order valence-electron chi connectivity index (χ2n) is 6.25. The molecular formula is C17H29N3O. The summed E-state index contributed by atoms with van der Waals surface area (Å²) in [6, 6.07) is 4.48. The molecule has 1 unspecified atom stereocenters. The van der Waals surface area contributed by atoms with E-state index < -0.39 is 0 Å². The molecule has 0 bridgehead atoms. The van der Waals surface area contributed by atoms with E-state index in [1.54, 1.807) is 7.11 Å². The predicted octanol–water partition coefficient (Wildman–Crippen LogP) is 2.79. The summed E-state index contributed by atoms with van der Waals surface area (Å²) in [6.07, 6.45) is 1.20. The quantitative estimate of drug-likeness (QED) is 0.838. The van der Waals surface area contributed by atoms with Crippen molar-refractivity contribution >= 4 is 5.82 Å². The maximum atomic E-state index is 5.29. The first-order chi connectivity index (χ1) is 10.1. The molecule has 0 spiro atoms. The number of hydrogen-bond donors (Lipinski definition) is 1. The number of hydrogen-bond acceptors (Lipinski definition) is 4. The molecule has 1 aliphatic heterocycles. The molecule has 4 heteroatoms. The minimum absolute atomic E-state index is 0.461. The Labute approximate surface area is 128 Å². The third kappa shape index (κ3) is 4.42. The lowest BCUT2D eigenvalue weighted by Gasteiger charge is -2.20. The van der Waals surface area contributed by atoms with Crippen LogP contribution in [-0.2, 0) is 11.3 Å². The molecule has 1 aromatic rings. The van der Waals surface area contributed by atoms with E-state index in [4.69, 9.17) is 9.72 Å². The Morgan fingerprint density at radius 1 is 1.43 bits per heavy atom. The number of pyridine rings is 1. The highest BCUT2D eigenvalue weighted by molar-refractivity contribution is 5.44. The average Bonchev–Trinajstić information content (AvgIpc) is 2.94. The molecule has 1 fully saturated rings. The van der Waals surface area contributed by atoms with Crippen molar-refractivity contribution in [2.75, 3.05) is 38.3 Å². The number of nitrogens with zero attached hydrogens (tertiary/aromatic N) is 2. The van der Waals surface area contributed by atoms with Gasteiger partial charge in [-0.25, -0.2) is 4.98 Å². The maximum Gasteiger partial charge on any atom is 0.129 e. The van der Waals surface area contributed by atoms with Crippen molar-refractivity contribution in [2.45, 2.75) is 39.7 Å². The van der Waals surface area contributed by atoms with Crippen LogP contribution in [0, 0.1) is 5.92 Å². The van der Waals surface area contributed by atoms with E-state index in [0.29, 0.717) is 11.8 Å².